The molecule has 0 N–H and O–H groups in total. The minimum Gasteiger partial charge on any atom is -0.135 e. The Morgan fingerprint density at radius 2 is 1.13 bits per heavy atom. The molecule has 0 spiro atoms. The van der Waals surface area contributed by atoms with Gasteiger partial charge in [0, 0.05) is 56.5 Å². The van der Waals surface area contributed by atoms with Gasteiger partial charge < -0.3 is 0 Å². The second-order valence-corrected chi connectivity index (χ2v) is 10.2. The summed E-state index contributed by atoms with van der Waals surface area (Å²) in [5.74, 6) is 0. The van der Waals surface area contributed by atoms with Gasteiger partial charge in [0.05, 0.1) is 0 Å². The summed E-state index contributed by atoms with van der Waals surface area (Å²) in [7, 11) is 0. The van der Waals surface area contributed by atoms with E-state index in [4.69, 9.17) is 0 Å². The SMILES string of the molecule is c1ccc2c(c1)sc1c2cc2c3sc4ccccc4c3c3cccc4ccc1c2c43. The number of hydrogen-bond acceptors (Lipinski definition) is 2. The van der Waals surface area contributed by atoms with Gasteiger partial charge in [-0.3, -0.25) is 0 Å². The van der Waals surface area contributed by atoms with Crippen molar-refractivity contribution in [3.05, 3.63) is 84.9 Å². The van der Waals surface area contributed by atoms with Crippen LogP contribution in [0.15, 0.2) is 84.9 Å². The van der Waals surface area contributed by atoms with Crippen LogP contribution in [0.25, 0.3) is 72.7 Å². The first kappa shape index (κ1) is 15.6. The Morgan fingerprint density at radius 1 is 0.400 bits per heavy atom. The summed E-state index contributed by atoms with van der Waals surface area (Å²) in [4.78, 5) is 0. The summed E-state index contributed by atoms with van der Waals surface area (Å²) in [6, 6.07) is 31.6. The summed E-state index contributed by atoms with van der Waals surface area (Å²) in [5, 5.41) is 13.9. The first-order valence-corrected chi connectivity index (χ1v) is 11.8. The normalized spacial score (nSPS) is 12.7. The molecule has 2 heteroatoms. The minimum atomic E-state index is 1.34. The molecule has 0 saturated heterocycles. The zero-order valence-corrected chi connectivity index (χ0v) is 17.5. The van der Waals surface area contributed by atoms with Gasteiger partial charge in [0.25, 0.3) is 0 Å². The van der Waals surface area contributed by atoms with Crippen LogP contribution in [-0.2, 0) is 0 Å². The fraction of sp³-hybridized carbons (Fsp3) is 0. The summed E-state index contributed by atoms with van der Waals surface area (Å²) in [6.45, 7) is 0. The molecule has 0 unspecified atom stereocenters. The van der Waals surface area contributed by atoms with Crippen LogP contribution in [0.2, 0.25) is 0 Å². The molecule has 0 fully saturated rings. The highest BCUT2D eigenvalue weighted by Crippen LogP contribution is 2.50. The van der Waals surface area contributed by atoms with Crippen molar-refractivity contribution >= 4 is 95.3 Å². The Morgan fingerprint density at radius 3 is 2.03 bits per heavy atom. The largest absolute Gasteiger partial charge is 0.135 e. The third kappa shape index (κ3) is 1.74. The molecular formula is C28H14S2. The highest BCUT2D eigenvalue weighted by molar-refractivity contribution is 7.27. The summed E-state index contributed by atoms with van der Waals surface area (Å²) >= 11 is 3.87. The summed E-state index contributed by atoms with van der Waals surface area (Å²) < 4.78 is 5.58. The van der Waals surface area contributed by atoms with E-state index >= 15 is 0 Å². The van der Waals surface area contributed by atoms with Crippen molar-refractivity contribution in [2.45, 2.75) is 0 Å². The van der Waals surface area contributed by atoms with E-state index in [1.54, 1.807) is 0 Å². The van der Waals surface area contributed by atoms with Gasteiger partial charge in [-0.15, -0.1) is 22.7 Å². The fourth-order valence-electron chi connectivity index (χ4n) is 5.36. The van der Waals surface area contributed by atoms with E-state index in [1.807, 2.05) is 22.7 Å². The van der Waals surface area contributed by atoms with E-state index in [9.17, 15) is 0 Å². The quantitative estimate of drug-likeness (QED) is 0.217. The van der Waals surface area contributed by atoms with Crippen LogP contribution in [0.4, 0.5) is 0 Å². The maximum atomic E-state index is 2.47. The summed E-state index contributed by atoms with van der Waals surface area (Å²) in [5.41, 5.74) is 0. The molecule has 6 aromatic carbocycles. The van der Waals surface area contributed by atoms with Gasteiger partial charge in [0.2, 0.25) is 0 Å². The average molecular weight is 415 g/mol. The number of hydrogen-bond donors (Lipinski definition) is 0. The van der Waals surface area contributed by atoms with Crippen LogP contribution in [0.1, 0.15) is 0 Å². The van der Waals surface area contributed by atoms with E-state index in [-0.39, 0.29) is 0 Å². The van der Waals surface area contributed by atoms with E-state index in [2.05, 4.69) is 84.9 Å². The number of rotatable bonds is 0. The zero-order chi connectivity index (χ0) is 19.4. The molecule has 138 valence electrons. The lowest BCUT2D eigenvalue weighted by molar-refractivity contribution is 1.85. The third-order valence-electron chi connectivity index (χ3n) is 6.59. The smallest absolute Gasteiger partial charge is 0.0440 e. The van der Waals surface area contributed by atoms with Crippen molar-refractivity contribution in [1.82, 2.24) is 0 Å². The lowest BCUT2D eigenvalue weighted by atomic mass is 9.90. The standard InChI is InChI=1S/C28H14S2/c1-3-10-22-16(7-1)20-14-21-25-19(27(20)29-22)13-12-15-6-5-9-18(24(15)25)26-17-8-2-4-11-23(17)30-28(21)26/h1-14H. The Balaban J connectivity index is 1.81. The molecule has 0 radical (unpaired) electrons. The van der Waals surface area contributed by atoms with E-state index < -0.39 is 0 Å². The molecule has 0 aliphatic rings. The molecule has 0 nitrogen and oxygen atoms in total. The first-order chi connectivity index (χ1) is 14.9. The van der Waals surface area contributed by atoms with E-state index in [1.165, 1.54) is 72.7 Å². The van der Waals surface area contributed by atoms with Gasteiger partial charge in [-0.25, -0.2) is 0 Å². The molecular weight excluding hydrogens is 400 g/mol. The van der Waals surface area contributed by atoms with Crippen molar-refractivity contribution in [2.75, 3.05) is 0 Å². The third-order valence-corrected chi connectivity index (χ3v) is 9.02. The molecule has 2 heterocycles. The molecule has 0 atom stereocenters. The van der Waals surface area contributed by atoms with Crippen LogP contribution < -0.4 is 0 Å². The maximum Gasteiger partial charge on any atom is 0.0440 e. The number of benzene rings is 6. The van der Waals surface area contributed by atoms with Crippen molar-refractivity contribution < 1.29 is 0 Å². The second kappa shape index (κ2) is 5.28. The van der Waals surface area contributed by atoms with Gasteiger partial charge >= 0.3 is 0 Å². The van der Waals surface area contributed by atoms with Crippen molar-refractivity contribution in [2.24, 2.45) is 0 Å². The fourth-order valence-corrected chi connectivity index (χ4v) is 7.82. The number of fused-ring (bicyclic) bond motifs is 9. The molecule has 0 aliphatic carbocycles. The van der Waals surface area contributed by atoms with E-state index in [0.717, 1.165) is 0 Å². The molecule has 0 saturated carbocycles. The highest BCUT2D eigenvalue weighted by atomic mass is 32.1. The Kier molecular flexibility index (Phi) is 2.75. The van der Waals surface area contributed by atoms with Crippen molar-refractivity contribution in [3.63, 3.8) is 0 Å². The molecule has 2 aromatic heterocycles. The van der Waals surface area contributed by atoms with Gasteiger partial charge in [-0.2, -0.15) is 0 Å². The van der Waals surface area contributed by atoms with Gasteiger partial charge in [0.1, 0.15) is 0 Å². The molecule has 8 rings (SSSR count). The van der Waals surface area contributed by atoms with Gasteiger partial charge in [0.15, 0.2) is 0 Å². The molecule has 0 bridgehead atoms. The minimum absolute atomic E-state index is 1.34. The van der Waals surface area contributed by atoms with Crippen molar-refractivity contribution in [1.29, 1.82) is 0 Å². The van der Waals surface area contributed by atoms with Crippen LogP contribution in [0, 0.1) is 0 Å². The molecule has 30 heavy (non-hydrogen) atoms. The Hall–Kier alpha value is -3.20. The lowest BCUT2D eigenvalue weighted by Crippen LogP contribution is -1.85. The van der Waals surface area contributed by atoms with Gasteiger partial charge in [-0.1, -0.05) is 66.7 Å². The molecule has 8 aromatic rings. The monoisotopic (exact) mass is 414 g/mol. The highest BCUT2D eigenvalue weighted by Gasteiger charge is 2.19. The molecule has 0 amide bonds. The Bertz CT molecular complexity index is 1950. The van der Waals surface area contributed by atoms with Crippen LogP contribution in [0.3, 0.4) is 0 Å². The lowest BCUT2D eigenvalue weighted by Gasteiger charge is -2.13. The number of thiophene rings is 2. The van der Waals surface area contributed by atoms with Crippen molar-refractivity contribution in [3.8, 4) is 0 Å². The van der Waals surface area contributed by atoms with Crippen LogP contribution in [-0.4, -0.2) is 0 Å². The molecule has 0 aliphatic heterocycles. The van der Waals surface area contributed by atoms with E-state index in [0.29, 0.717) is 0 Å². The predicted octanol–water partition coefficient (Wildman–Crippen LogP) is 9.32. The topological polar surface area (TPSA) is 0 Å². The first-order valence-electron chi connectivity index (χ1n) is 10.2. The zero-order valence-electron chi connectivity index (χ0n) is 15.9. The predicted molar refractivity (Wildman–Crippen MR) is 136 cm³/mol. The summed E-state index contributed by atoms with van der Waals surface area (Å²) in [6.07, 6.45) is 0. The average Bonchev–Trinajstić information content (AvgIpc) is 3.36. The second-order valence-electron chi connectivity index (χ2n) is 8.09. The van der Waals surface area contributed by atoms with Crippen LogP contribution in [0.5, 0.6) is 0 Å². The van der Waals surface area contributed by atoms with Gasteiger partial charge in [-0.05, 0) is 34.4 Å². The van der Waals surface area contributed by atoms with Crippen LogP contribution >= 0.6 is 22.7 Å². The maximum absolute atomic E-state index is 2.47. The Labute approximate surface area is 179 Å².